The SMILES string of the molecule is CC1CCc2ncnc(N3CC4(CCNCC4)c4c(CNCC5CC5)cccc43)c21. The van der Waals surface area contributed by atoms with E-state index in [1.165, 1.54) is 67.0 Å². The summed E-state index contributed by atoms with van der Waals surface area (Å²) in [6.07, 6.45) is 9.30. The van der Waals surface area contributed by atoms with E-state index in [1.807, 2.05) is 0 Å². The van der Waals surface area contributed by atoms with E-state index in [9.17, 15) is 0 Å². The molecule has 1 saturated heterocycles. The van der Waals surface area contributed by atoms with Crippen LogP contribution >= 0.6 is 0 Å². The first-order valence-corrected chi connectivity index (χ1v) is 11.9. The van der Waals surface area contributed by atoms with Crippen molar-refractivity contribution in [2.24, 2.45) is 5.92 Å². The van der Waals surface area contributed by atoms with Gasteiger partial charge < -0.3 is 15.5 Å². The molecule has 1 aromatic carbocycles. The molecule has 1 aromatic heterocycles. The number of aryl methyl sites for hydroxylation is 1. The number of rotatable bonds is 5. The van der Waals surface area contributed by atoms with Gasteiger partial charge in [-0.1, -0.05) is 19.1 Å². The van der Waals surface area contributed by atoms with Gasteiger partial charge in [-0.25, -0.2) is 9.97 Å². The first kappa shape index (κ1) is 18.8. The van der Waals surface area contributed by atoms with E-state index in [2.05, 4.69) is 45.6 Å². The molecule has 2 aliphatic heterocycles. The van der Waals surface area contributed by atoms with Crippen LogP contribution < -0.4 is 15.5 Å². The average molecular weight is 404 g/mol. The fraction of sp³-hybridized carbons (Fsp3) is 0.600. The molecule has 1 atom stereocenters. The highest BCUT2D eigenvalue weighted by Gasteiger charge is 2.46. The van der Waals surface area contributed by atoms with Crippen LogP contribution in [0.2, 0.25) is 0 Å². The van der Waals surface area contributed by atoms with Crippen LogP contribution in [0.15, 0.2) is 24.5 Å². The summed E-state index contributed by atoms with van der Waals surface area (Å²) >= 11 is 0. The fourth-order valence-electron chi connectivity index (χ4n) is 6.11. The molecule has 30 heavy (non-hydrogen) atoms. The van der Waals surface area contributed by atoms with E-state index >= 15 is 0 Å². The van der Waals surface area contributed by atoms with Gasteiger partial charge in [-0.3, -0.25) is 0 Å². The molecule has 1 unspecified atom stereocenters. The van der Waals surface area contributed by atoms with Crippen molar-refractivity contribution < 1.29 is 0 Å². The molecule has 4 aliphatic rings. The lowest BCUT2D eigenvalue weighted by Gasteiger charge is -2.36. The number of piperidine rings is 1. The quantitative estimate of drug-likeness (QED) is 0.795. The highest BCUT2D eigenvalue weighted by atomic mass is 15.2. The molecule has 5 heteroatoms. The highest BCUT2D eigenvalue weighted by Crippen LogP contribution is 2.52. The monoisotopic (exact) mass is 403 g/mol. The predicted octanol–water partition coefficient (Wildman–Crippen LogP) is 3.80. The van der Waals surface area contributed by atoms with Crippen LogP contribution in [0.4, 0.5) is 11.5 Å². The Morgan fingerprint density at radius 1 is 1.17 bits per heavy atom. The van der Waals surface area contributed by atoms with Crippen molar-refractivity contribution in [2.75, 3.05) is 31.1 Å². The van der Waals surface area contributed by atoms with Crippen molar-refractivity contribution in [1.29, 1.82) is 0 Å². The Balaban J connectivity index is 1.42. The predicted molar refractivity (Wildman–Crippen MR) is 120 cm³/mol. The Labute approximate surface area is 179 Å². The average Bonchev–Trinajstić information content (AvgIpc) is 3.45. The topological polar surface area (TPSA) is 53.1 Å². The van der Waals surface area contributed by atoms with Crippen LogP contribution in [-0.4, -0.2) is 36.1 Å². The van der Waals surface area contributed by atoms with Crippen LogP contribution in [0.5, 0.6) is 0 Å². The van der Waals surface area contributed by atoms with Gasteiger partial charge in [-0.05, 0) is 87.2 Å². The first-order valence-electron chi connectivity index (χ1n) is 11.9. The zero-order valence-electron chi connectivity index (χ0n) is 18.1. The lowest BCUT2D eigenvalue weighted by molar-refractivity contribution is 0.327. The lowest BCUT2D eigenvalue weighted by atomic mass is 9.73. The molecule has 158 valence electrons. The molecule has 5 nitrogen and oxygen atoms in total. The molecule has 1 saturated carbocycles. The molecule has 2 fully saturated rings. The molecule has 6 rings (SSSR count). The van der Waals surface area contributed by atoms with Crippen molar-refractivity contribution in [2.45, 2.75) is 63.3 Å². The number of hydrogen-bond acceptors (Lipinski definition) is 5. The number of nitrogens with one attached hydrogen (secondary N) is 2. The van der Waals surface area contributed by atoms with Crippen molar-refractivity contribution in [3.8, 4) is 0 Å². The number of hydrogen-bond donors (Lipinski definition) is 2. The van der Waals surface area contributed by atoms with Crippen LogP contribution in [0.1, 0.15) is 67.3 Å². The molecular weight excluding hydrogens is 370 g/mol. The van der Waals surface area contributed by atoms with Gasteiger partial charge >= 0.3 is 0 Å². The Bertz CT molecular complexity index is 945. The molecule has 3 heterocycles. The van der Waals surface area contributed by atoms with E-state index in [-0.39, 0.29) is 5.41 Å². The number of benzene rings is 1. The van der Waals surface area contributed by atoms with E-state index in [4.69, 9.17) is 4.98 Å². The normalized spacial score (nSPS) is 24.3. The van der Waals surface area contributed by atoms with E-state index in [0.29, 0.717) is 5.92 Å². The second-order valence-electron chi connectivity index (χ2n) is 10.00. The summed E-state index contributed by atoms with van der Waals surface area (Å²) < 4.78 is 0. The zero-order chi connectivity index (χ0) is 20.1. The Morgan fingerprint density at radius 2 is 2.03 bits per heavy atom. The van der Waals surface area contributed by atoms with Crippen molar-refractivity contribution in [1.82, 2.24) is 20.6 Å². The lowest BCUT2D eigenvalue weighted by Crippen LogP contribution is -2.43. The Kier molecular flexibility index (Phi) is 4.57. The van der Waals surface area contributed by atoms with Crippen LogP contribution in [0.25, 0.3) is 0 Å². The zero-order valence-corrected chi connectivity index (χ0v) is 18.1. The third kappa shape index (κ3) is 3.05. The minimum atomic E-state index is 0.234. The van der Waals surface area contributed by atoms with Gasteiger partial charge in [-0.2, -0.15) is 0 Å². The summed E-state index contributed by atoms with van der Waals surface area (Å²) in [6, 6.07) is 6.95. The maximum atomic E-state index is 4.87. The molecule has 2 aromatic rings. The minimum Gasteiger partial charge on any atom is -0.325 e. The summed E-state index contributed by atoms with van der Waals surface area (Å²) in [5.41, 5.74) is 7.37. The molecule has 2 N–H and O–H groups in total. The smallest absolute Gasteiger partial charge is 0.140 e. The number of aromatic nitrogens is 2. The standard InChI is InChI=1S/C25H33N5/c1-17-5-8-20-22(17)24(29-16-28-20)30-15-25(9-11-26-12-10-25)23-19(3-2-4-21(23)30)14-27-13-18-6-7-18/h2-4,16-18,26-27H,5-15H2,1H3. The highest BCUT2D eigenvalue weighted by molar-refractivity contribution is 5.75. The summed E-state index contributed by atoms with van der Waals surface area (Å²) in [7, 11) is 0. The molecule has 0 radical (unpaired) electrons. The largest absolute Gasteiger partial charge is 0.325 e. The summed E-state index contributed by atoms with van der Waals surface area (Å²) in [5.74, 6) is 2.63. The molecule has 0 amide bonds. The maximum Gasteiger partial charge on any atom is 0.140 e. The molecular formula is C25H33N5. The van der Waals surface area contributed by atoms with Crippen molar-refractivity contribution >= 4 is 11.5 Å². The summed E-state index contributed by atoms with van der Waals surface area (Å²) in [6.45, 7) is 7.76. The molecule has 1 spiro atoms. The third-order valence-corrected chi connectivity index (χ3v) is 7.92. The Hall–Kier alpha value is -1.98. The van der Waals surface area contributed by atoms with Gasteiger partial charge in [-0.15, -0.1) is 0 Å². The van der Waals surface area contributed by atoms with Crippen molar-refractivity contribution in [3.05, 3.63) is 46.9 Å². The molecule has 2 aliphatic carbocycles. The summed E-state index contributed by atoms with van der Waals surface area (Å²) in [5, 5.41) is 7.36. The second kappa shape index (κ2) is 7.31. The van der Waals surface area contributed by atoms with Crippen molar-refractivity contribution in [3.63, 3.8) is 0 Å². The van der Waals surface area contributed by atoms with Crippen LogP contribution in [-0.2, 0) is 18.4 Å². The van der Waals surface area contributed by atoms with E-state index < -0.39 is 0 Å². The number of fused-ring (bicyclic) bond motifs is 3. The van der Waals surface area contributed by atoms with Crippen LogP contribution in [0.3, 0.4) is 0 Å². The van der Waals surface area contributed by atoms with Gasteiger partial charge in [0.2, 0.25) is 0 Å². The van der Waals surface area contributed by atoms with Gasteiger partial charge in [0.15, 0.2) is 0 Å². The Morgan fingerprint density at radius 3 is 2.87 bits per heavy atom. The second-order valence-corrected chi connectivity index (χ2v) is 10.00. The maximum absolute atomic E-state index is 4.87. The van der Waals surface area contributed by atoms with E-state index in [1.54, 1.807) is 11.9 Å². The van der Waals surface area contributed by atoms with Gasteiger partial charge in [0.05, 0.1) is 0 Å². The van der Waals surface area contributed by atoms with Crippen LogP contribution in [0, 0.1) is 5.92 Å². The first-order chi connectivity index (χ1) is 14.8. The van der Waals surface area contributed by atoms with E-state index in [0.717, 1.165) is 38.5 Å². The number of nitrogens with zero attached hydrogens (tertiary/aromatic N) is 3. The van der Waals surface area contributed by atoms with Gasteiger partial charge in [0.1, 0.15) is 12.1 Å². The fourth-order valence-corrected chi connectivity index (χ4v) is 6.11. The number of anilines is 2. The van der Waals surface area contributed by atoms with Gasteiger partial charge in [0, 0.05) is 35.4 Å². The minimum absolute atomic E-state index is 0.234. The third-order valence-electron chi connectivity index (χ3n) is 7.92. The summed E-state index contributed by atoms with van der Waals surface area (Å²) in [4.78, 5) is 12.0. The molecule has 0 bridgehead atoms. The van der Waals surface area contributed by atoms with Gasteiger partial charge in [0.25, 0.3) is 0 Å².